The van der Waals surface area contributed by atoms with Gasteiger partial charge in [-0.25, -0.2) is 19.9 Å². The van der Waals surface area contributed by atoms with Gasteiger partial charge in [0.25, 0.3) is 5.91 Å². The highest BCUT2D eigenvalue weighted by Crippen LogP contribution is 2.28. The average molecular weight is 491 g/mol. The van der Waals surface area contributed by atoms with Crippen molar-refractivity contribution in [2.24, 2.45) is 0 Å². The molecular weight excluding hydrogens is 468 g/mol. The molecule has 0 spiro atoms. The quantitative estimate of drug-likeness (QED) is 0.320. The van der Waals surface area contributed by atoms with Crippen LogP contribution < -0.4 is 5.32 Å². The number of benzene rings is 1. The van der Waals surface area contributed by atoms with Crippen molar-refractivity contribution in [1.29, 1.82) is 0 Å². The Kier molecular flexibility index (Phi) is 5.60. The van der Waals surface area contributed by atoms with E-state index < -0.39 is 11.9 Å². The Bertz CT molecular complexity index is 1510. The number of fused-ring (bicyclic) bond motifs is 1. The Hall–Kier alpha value is -4.05. The number of H-pyrrole nitrogens is 2. The predicted molar refractivity (Wildman–Crippen MR) is 131 cm³/mol. The maximum atomic E-state index is 12.9. The van der Waals surface area contributed by atoms with Gasteiger partial charge in [-0.1, -0.05) is 43.6 Å². The van der Waals surface area contributed by atoms with Crippen LogP contribution in [0.2, 0.25) is 5.02 Å². The van der Waals surface area contributed by atoms with Gasteiger partial charge in [0.1, 0.15) is 22.7 Å². The molecule has 0 aliphatic rings. The molecule has 3 N–H and O–H groups in total. The summed E-state index contributed by atoms with van der Waals surface area (Å²) in [4.78, 5) is 36.0. The molecule has 0 aliphatic heterocycles. The van der Waals surface area contributed by atoms with Crippen LogP contribution in [-0.4, -0.2) is 41.0 Å². The fourth-order valence-electron chi connectivity index (χ4n) is 3.63. The number of rotatable bonds is 5. The molecule has 0 radical (unpaired) electrons. The largest absolute Gasteiger partial charge is 0.358 e. The van der Waals surface area contributed by atoms with E-state index >= 15 is 0 Å². The van der Waals surface area contributed by atoms with Crippen molar-refractivity contribution in [3.63, 3.8) is 0 Å². The first-order valence-electron chi connectivity index (χ1n) is 11.0. The van der Waals surface area contributed by atoms with E-state index in [0.29, 0.717) is 28.8 Å². The number of hydrogen-bond acceptors (Lipinski definition) is 7. The zero-order valence-electron chi connectivity index (χ0n) is 19.5. The number of amides is 1. The number of aromatic nitrogens is 7. The summed E-state index contributed by atoms with van der Waals surface area (Å²) in [6, 6.07) is 7.40. The molecule has 10 nitrogen and oxygen atoms in total. The molecule has 1 aromatic carbocycles. The van der Waals surface area contributed by atoms with Crippen LogP contribution in [0.3, 0.4) is 0 Å². The number of nitrogens with one attached hydrogen (secondary N) is 3. The minimum Gasteiger partial charge on any atom is -0.358 e. The van der Waals surface area contributed by atoms with Gasteiger partial charge in [-0.05, 0) is 30.0 Å². The number of imidazole rings is 2. The van der Waals surface area contributed by atoms with Gasteiger partial charge < -0.3 is 19.8 Å². The van der Waals surface area contributed by atoms with Crippen LogP contribution in [0.15, 0.2) is 47.5 Å². The second-order valence-corrected chi connectivity index (χ2v) is 9.58. The van der Waals surface area contributed by atoms with Gasteiger partial charge in [-0.2, -0.15) is 0 Å². The Labute approximate surface area is 205 Å². The van der Waals surface area contributed by atoms with Crippen molar-refractivity contribution < 1.29 is 9.32 Å². The monoisotopic (exact) mass is 490 g/mol. The van der Waals surface area contributed by atoms with Crippen LogP contribution in [0.4, 0.5) is 0 Å². The first-order chi connectivity index (χ1) is 16.7. The summed E-state index contributed by atoms with van der Waals surface area (Å²) in [7, 11) is 0. The lowest BCUT2D eigenvalue weighted by Crippen LogP contribution is -2.27. The fraction of sp³-hybridized carbons (Fsp3) is 0.250. The number of hydrogen-bond donors (Lipinski definition) is 3. The van der Waals surface area contributed by atoms with Gasteiger partial charge in [0, 0.05) is 18.5 Å². The van der Waals surface area contributed by atoms with Crippen molar-refractivity contribution >= 4 is 28.5 Å². The minimum atomic E-state index is -0.501. The van der Waals surface area contributed by atoms with Crippen LogP contribution in [0.1, 0.15) is 55.5 Å². The molecule has 4 aromatic heterocycles. The number of carbonyl (C=O) groups is 1. The summed E-state index contributed by atoms with van der Waals surface area (Å²) in [6.45, 7) is 8.27. The van der Waals surface area contributed by atoms with E-state index in [9.17, 15) is 4.79 Å². The highest BCUT2D eigenvalue weighted by atomic mass is 35.5. The summed E-state index contributed by atoms with van der Waals surface area (Å²) >= 11 is 6.39. The summed E-state index contributed by atoms with van der Waals surface area (Å²) in [5.74, 6) is 1.01. The fourth-order valence-corrected chi connectivity index (χ4v) is 3.90. The molecule has 0 saturated heterocycles. The molecule has 4 heterocycles. The van der Waals surface area contributed by atoms with Crippen molar-refractivity contribution in [2.75, 3.05) is 0 Å². The van der Waals surface area contributed by atoms with Gasteiger partial charge in [0.2, 0.25) is 0 Å². The lowest BCUT2D eigenvalue weighted by atomic mass is 9.87. The second-order valence-electron chi connectivity index (χ2n) is 9.20. The summed E-state index contributed by atoms with van der Waals surface area (Å²) in [5, 5.41) is 7.07. The van der Waals surface area contributed by atoms with Crippen molar-refractivity contribution in [1.82, 2.24) is 40.4 Å². The zero-order chi connectivity index (χ0) is 24.7. The van der Waals surface area contributed by atoms with E-state index in [1.807, 2.05) is 6.07 Å². The van der Waals surface area contributed by atoms with Crippen LogP contribution in [-0.2, 0) is 5.41 Å². The van der Waals surface area contributed by atoms with E-state index in [-0.39, 0.29) is 16.1 Å². The van der Waals surface area contributed by atoms with Crippen molar-refractivity contribution in [3.8, 4) is 23.0 Å². The molecular formula is C24H23ClN8O2. The molecule has 178 valence electrons. The predicted octanol–water partition coefficient (Wildman–Crippen LogP) is 4.84. The topological polar surface area (TPSA) is 138 Å². The summed E-state index contributed by atoms with van der Waals surface area (Å²) in [6.07, 6.45) is 4.48. The van der Waals surface area contributed by atoms with Gasteiger partial charge in [-0.15, -0.1) is 0 Å². The Morgan fingerprint density at radius 3 is 2.71 bits per heavy atom. The molecule has 0 unspecified atom stereocenters. The molecule has 5 rings (SSSR count). The molecule has 0 saturated carbocycles. The van der Waals surface area contributed by atoms with Crippen molar-refractivity contribution in [3.05, 3.63) is 65.0 Å². The average Bonchev–Trinajstić information content (AvgIpc) is 3.58. The van der Waals surface area contributed by atoms with Crippen LogP contribution in [0.5, 0.6) is 0 Å². The molecule has 5 aromatic rings. The number of nitrogens with zero attached hydrogens (tertiary/aromatic N) is 5. The maximum Gasteiger partial charge on any atom is 0.272 e. The standard InChI is InChI=1S/C24H23ClN8O2/c1-12(30-23(34)20-18(25)19(28-11-29-20)22-26-7-8-27-22)17-10-16(33-35-17)21-31-14-6-5-13(24(2,3)4)9-15(14)32-21/h5-12H,1-4H3,(H,26,27)(H,30,34)(H,31,32)/t12-/m1/s1. The van der Waals surface area contributed by atoms with Gasteiger partial charge in [0.15, 0.2) is 23.1 Å². The third-order valence-electron chi connectivity index (χ3n) is 5.62. The third kappa shape index (κ3) is 4.40. The van der Waals surface area contributed by atoms with Crippen LogP contribution in [0, 0.1) is 0 Å². The van der Waals surface area contributed by atoms with Gasteiger partial charge in [0.05, 0.1) is 17.1 Å². The maximum absolute atomic E-state index is 12.9. The molecule has 0 fully saturated rings. The molecule has 35 heavy (non-hydrogen) atoms. The van der Waals surface area contributed by atoms with E-state index in [2.05, 4.69) is 73.3 Å². The SMILES string of the molecule is C[C@@H](NC(=O)c1ncnc(-c2ncc[nH]2)c1Cl)c1cc(-c2nc3ccc(C(C)(C)C)cc3[nH]2)no1. The number of carbonyl (C=O) groups excluding carboxylic acids is 1. The summed E-state index contributed by atoms with van der Waals surface area (Å²) in [5.41, 5.74) is 3.90. The van der Waals surface area contributed by atoms with E-state index in [0.717, 1.165) is 11.0 Å². The second kappa shape index (κ2) is 8.62. The normalized spacial score (nSPS) is 12.7. The van der Waals surface area contributed by atoms with E-state index in [4.69, 9.17) is 16.1 Å². The summed E-state index contributed by atoms with van der Waals surface area (Å²) < 4.78 is 5.50. The lowest BCUT2D eigenvalue weighted by Gasteiger charge is -2.18. The smallest absolute Gasteiger partial charge is 0.272 e. The van der Waals surface area contributed by atoms with E-state index in [1.54, 1.807) is 25.4 Å². The Balaban J connectivity index is 1.35. The molecule has 11 heteroatoms. The third-order valence-corrected chi connectivity index (χ3v) is 5.98. The lowest BCUT2D eigenvalue weighted by molar-refractivity contribution is 0.0928. The Morgan fingerprint density at radius 1 is 1.14 bits per heavy atom. The van der Waals surface area contributed by atoms with E-state index in [1.165, 1.54) is 11.9 Å². The number of aromatic amines is 2. The first-order valence-corrected chi connectivity index (χ1v) is 11.4. The molecule has 1 amide bonds. The van der Waals surface area contributed by atoms with Crippen LogP contribution >= 0.6 is 11.6 Å². The first kappa shape index (κ1) is 22.7. The zero-order valence-corrected chi connectivity index (χ0v) is 20.3. The molecule has 0 aliphatic carbocycles. The van der Waals surface area contributed by atoms with Crippen molar-refractivity contribution in [2.45, 2.75) is 39.2 Å². The molecule has 1 atom stereocenters. The van der Waals surface area contributed by atoms with Crippen LogP contribution in [0.25, 0.3) is 34.1 Å². The number of halogens is 1. The van der Waals surface area contributed by atoms with Gasteiger partial charge in [-0.3, -0.25) is 4.79 Å². The highest BCUT2D eigenvalue weighted by Gasteiger charge is 2.23. The molecule has 0 bridgehead atoms. The van der Waals surface area contributed by atoms with Gasteiger partial charge >= 0.3 is 0 Å². The highest BCUT2D eigenvalue weighted by molar-refractivity contribution is 6.35. The minimum absolute atomic E-state index is 0.0272. The Morgan fingerprint density at radius 2 is 1.97 bits per heavy atom.